The van der Waals surface area contributed by atoms with Gasteiger partial charge in [0, 0.05) is 5.56 Å². The Hall–Kier alpha value is -1.77. The number of aromatic nitrogens is 2. The highest BCUT2D eigenvalue weighted by atomic mass is 19.1. The number of rotatable bonds is 4. The van der Waals surface area contributed by atoms with Crippen LogP contribution in [0.3, 0.4) is 0 Å². The SMILES string of the molecule is Cc1ccc(-c2ccc(CCC3CCC(C)CC3)cc2F)nn1. The molecule has 23 heavy (non-hydrogen) atoms. The maximum Gasteiger partial charge on any atom is 0.132 e. The monoisotopic (exact) mass is 312 g/mol. The van der Waals surface area contributed by atoms with Crippen molar-refractivity contribution in [2.24, 2.45) is 11.8 Å². The van der Waals surface area contributed by atoms with Crippen LogP contribution >= 0.6 is 0 Å². The summed E-state index contributed by atoms with van der Waals surface area (Å²) >= 11 is 0. The topological polar surface area (TPSA) is 25.8 Å². The lowest BCUT2D eigenvalue weighted by atomic mass is 9.80. The Morgan fingerprint density at radius 2 is 1.83 bits per heavy atom. The highest BCUT2D eigenvalue weighted by Gasteiger charge is 2.18. The maximum absolute atomic E-state index is 14.4. The molecule has 2 nitrogen and oxygen atoms in total. The molecule has 0 atom stereocenters. The van der Waals surface area contributed by atoms with Crippen molar-refractivity contribution in [2.45, 2.75) is 52.4 Å². The van der Waals surface area contributed by atoms with Crippen molar-refractivity contribution in [3.8, 4) is 11.3 Å². The minimum atomic E-state index is -0.196. The Morgan fingerprint density at radius 1 is 1.04 bits per heavy atom. The lowest BCUT2D eigenvalue weighted by Crippen LogP contribution is -2.12. The molecule has 0 unspecified atom stereocenters. The summed E-state index contributed by atoms with van der Waals surface area (Å²) in [5.41, 5.74) is 3.06. The second kappa shape index (κ2) is 7.20. The first-order valence-electron chi connectivity index (χ1n) is 8.71. The zero-order valence-electron chi connectivity index (χ0n) is 14.1. The second-order valence-corrected chi connectivity index (χ2v) is 7.04. The lowest BCUT2D eigenvalue weighted by molar-refractivity contribution is 0.277. The van der Waals surface area contributed by atoms with Crippen molar-refractivity contribution in [1.29, 1.82) is 0 Å². The number of benzene rings is 1. The van der Waals surface area contributed by atoms with E-state index in [0.29, 0.717) is 11.3 Å². The first-order chi connectivity index (χ1) is 11.1. The van der Waals surface area contributed by atoms with Crippen LogP contribution in [0.2, 0.25) is 0 Å². The fourth-order valence-electron chi connectivity index (χ4n) is 3.45. The van der Waals surface area contributed by atoms with Crippen molar-refractivity contribution in [2.75, 3.05) is 0 Å². The van der Waals surface area contributed by atoms with E-state index in [1.54, 1.807) is 6.07 Å². The molecule has 0 aliphatic heterocycles. The zero-order chi connectivity index (χ0) is 16.2. The van der Waals surface area contributed by atoms with Crippen molar-refractivity contribution < 1.29 is 4.39 Å². The quantitative estimate of drug-likeness (QED) is 0.760. The van der Waals surface area contributed by atoms with Crippen LogP contribution in [-0.2, 0) is 6.42 Å². The van der Waals surface area contributed by atoms with E-state index in [-0.39, 0.29) is 5.82 Å². The highest BCUT2D eigenvalue weighted by Crippen LogP contribution is 2.31. The molecule has 1 heterocycles. The molecule has 0 radical (unpaired) electrons. The summed E-state index contributed by atoms with van der Waals surface area (Å²) in [6.45, 7) is 4.22. The minimum Gasteiger partial charge on any atom is -0.206 e. The summed E-state index contributed by atoms with van der Waals surface area (Å²) in [6.07, 6.45) is 7.52. The zero-order valence-corrected chi connectivity index (χ0v) is 14.1. The van der Waals surface area contributed by atoms with Crippen LogP contribution in [0.1, 0.15) is 50.3 Å². The fraction of sp³-hybridized carbons (Fsp3) is 0.500. The van der Waals surface area contributed by atoms with Crippen LogP contribution in [0.15, 0.2) is 30.3 Å². The molecule has 1 aromatic heterocycles. The normalized spacial score (nSPS) is 21.3. The molecule has 0 saturated heterocycles. The number of hydrogen-bond donors (Lipinski definition) is 0. The third-order valence-electron chi connectivity index (χ3n) is 5.08. The molecule has 3 rings (SSSR count). The molecule has 0 amide bonds. The van der Waals surface area contributed by atoms with E-state index in [4.69, 9.17) is 0 Å². The van der Waals surface area contributed by atoms with Gasteiger partial charge in [-0.15, -0.1) is 0 Å². The summed E-state index contributed by atoms with van der Waals surface area (Å²) in [6, 6.07) is 9.23. The van der Waals surface area contributed by atoms with E-state index in [9.17, 15) is 4.39 Å². The van der Waals surface area contributed by atoms with E-state index in [1.807, 2.05) is 31.2 Å². The van der Waals surface area contributed by atoms with Crippen LogP contribution in [0, 0.1) is 24.6 Å². The summed E-state index contributed by atoms with van der Waals surface area (Å²) in [5, 5.41) is 8.08. The van der Waals surface area contributed by atoms with Gasteiger partial charge in [-0.2, -0.15) is 10.2 Å². The van der Waals surface area contributed by atoms with Gasteiger partial charge in [0.15, 0.2) is 0 Å². The Bertz CT molecular complexity index is 643. The van der Waals surface area contributed by atoms with E-state index in [2.05, 4.69) is 17.1 Å². The van der Waals surface area contributed by atoms with Gasteiger partial charge in [-0.05, 0) is 61.4 Å². The minimum absolute atomic E-state index is 0.196. The van der Waals surface area contributed by atoms with E-state index in [0.717, 1.165) is 29.5 Å². The fourth-order valence-corrected chi connectivity index (χ4v) is 3.45. The number of aryl methyl sites for hydroxylation is 2. The van der Waals surface area contributed by atoms with Gasteiger partial charge in [-0.25, -0.2) is 4.39 Å². The van der Waals surface area contributed by atoms with Crippen molar-refractivity contribution in [1.82, 2.24) is 10.2 Å². The van der Waals surface area contributed by atoms with Crippen molar-refractivity contribution in [3.05, 3.63) is 47.4 Å². The number of hydrogen-bond acceptors (Lipinski definition) is 2. The van der Waals surface area contributed by atoms with Gasteiger partial charge < -0.3 is 0 Å². The smallest absolute Gasteiger partial charge is 0.132 e. The van der Waals surface area contributed by atoms with E-state index in [1.165, 1.54) is 32.1 Å². The van der Waals surface area contributed by atoms with Gasteiger partial charge in [-0.1, -0.05) is 38.7 Å². The van der Waals surface area contributed by atoms with Gasteiger partial charge in [0.25, 0.3) is 0 Å². The molecule has 2 aromatic rings. The Morgan fingerprint density at radius 3 is 2.48 bits per heavy atom. The van der Waals surface area contributed by atoms with Crippen LogP contribution in [0.4, 0.5) is 4.39 Å². The molecular formula is C20H25FN2. The summed E-state index contributed by atoms with van der Waals surface area (Å²) < 4.78 is 14.4. The Kier molecular flexibility index (Phi) is 5.04. The van der Waals surface area contributed by atoms with Gasteiger partial charge in [0.2, 0.25) is 0 Å². The molecule has 0 spiro atoms. The third kappa shape index (κ3) is 4.15. The summed E-state index contributed by atoms with van der Waals surface area (Å²) in [7, 11) is 0. The maximum atomic E-state index is 14.4. The first kappa shape index (κ1) is 16.1. The standard InChI is InChI=1S/C20H25FN2/c1-14-3-6-16(7-4-14)8-9-17-10-11-18(19(21)13-17)20-12-5-15(2)22-23-20/h5,10-14,16H,3-4,6-9H2,1-2H3. The average molecular weight is 312 g/mol. The predicted molar refractivity (Wildman–Crippen MR) is 91.6 cm³/mol. The Labute approximate surface area is 138 Å². The molecule has 3 heteroatoms. The number of nitrogens with zero attached hydrogens (tertiary/aromatic N) is 2. The van der Waals surface area contributed by atoms with Gasteiger partial charge in [-0.3, -0.25) is 0 Å². The lowest BCUT2D eigenvalue weighted by Gasteiger charge is -2.26. The number of halogens is 1. The molecule has 0 N–H and O–H groups in total. The largest absolute Gasteiger partial charge is 0.206 e. The molecule has 1 aliphatic rings. The van der Waals surface area contributed by atoms with Crippen LogP contribution in [0.5, 0.6) is 0 Å². The van der Waals surface area contributed by atoms with Gasteiger partial charge in [0.05, 0.1) is 11.4 Å². The predicted octanol–water partition coefficient (Wildman–Crippen LogP) is 5.35. The highest BCUT2D eigenvalue weighted by molar-refractivity contribution is 5.59. The second-order valence-electron chi connectivity index (χ2n) is 7.04. The molecule has 122 valence electrons. The molecule has 1 saturated carbocycles. The van der Waals surface area contributed by atoms with E-state index >= 15 is 0 Å². The van der Waals surface area contributed by atoms with Gasteiger partial charge in [0.1, 0.15) is 5.82 Å². The molecule has 1 aromatic carbocycles. The van der Waals surface area contributed by atoms with Crippen LogP contribution in [0.25, 0.3) is 11.3 Å². The van der Waals surface area contributed by atoms with E-state index < -0.39 is 0 Å². The van der Waals surface area contributed by atoms with Crippen molar-refractivity contribution >= 4 is 0 Å². The molecule has 1 fully saturated rings. The van der Waals surface area contributed by atoms with Crippen molar-refractivity contribution in [3.63, 3.8) is 0 Å². The van der Waals surface area contributed by atoms with Gasteiger partial charge >= 0.3 is 0 Å². The van der Waals surface area contributed by atoms with Crippen LogP contribution < -0.4 is 0 Å². The Balaban J connectivity index is 1.64. The van der Waals surface area contributed by atoms with Crippen LogP contribution in [-0.4, -0.2) is 10.2 Å². The molecule has 0 bridgehead atoms. The molecular weight excluding hydrogens is 287 g/mol. The first-order valence-corrected chi connectivity index (χ1v) is 8.71. The summed E-state index contributed by atoms with van der Waals surface area (Å²) in [5.74, 6) is 1.51. The summed E-state index contributed by atoms with van der Waals surface area (Å²) in [4.78, 5) is 0. The third-order valence-corrected chi connectivity index (χ3v) is 5.08. The molecule has 1 aliphatic carbocycles. The average Bonchev–Trinajstić information content (AvgIpc) is 2.55.